The highest BCUT2D eigenvalue weighted by Gasteiger charge is 2.43. The van der Waals surface area contributed by atoms with Crippen LogP contribution in [0.4, 0.5) is 0 Å². The number of nitrogens with two attached hydrogens (primary N) is 6. The van der Waals surface area contributed by atoms with Crippen LogP contribution in [0.3, 0.4) is 0 Å². The fraction of sp³-hybridized carbons (Fsp3) is 0.544. The molecule has 0 aromatic heterocycles. The molecule has 40 nitrogen and oxygen atoms in total. The summed E-state index contributed by atoms with van der Waals surface area (Å²) in [6.45, 7) is 11.7. The van der Waals surface area contributed by atoms with E-state index in [2.05, 4.69) is 68.8 Å². The number of nitrogens with zero attached hydrogens (tertiary/aromatic N) is 2. The predicted molar refractivity (Wildman–Crippen MR) is 433 cm³/mol. The van der Waals surface area contributed by atoms with Crippen molar-refractivity contribution in [3.63, 3.8) is 0 Å². The number of likely N-dealkylation sites (tertiary alicyclic amines) is 1. The Balaban J connectivity index is 1.56. The number of primary amides is 3. The molecular formula is C79H118N20O20. The van der Waals surface area contributed by atoms with Gasteiger partial charge in [-0.25, -0.2) is 0 Å². The number of aliphatic hydroxyl groups is 1. The van der Waals surface area contributed by atoms with E-state index in [1.807, 2.05) is 30.3 Å². The van der Waals surface area contributed by atoms with Crippen LogP contribution in [-0.2, 0) is 101 Å². The predicted octanol–water partition coefficient (Wildman–Crippen LogP) is -4.73. The molecule has 119 heavy (non-hydrogen) atoms. The average molecular weight is 1670 g/mol. The molecule has 1 heterocycles. The number of guanidine groups is 1. The number of aliphatic imine (C=N–C) groups is 1. The molecule has 0 bridgehead atoms. The highest BCUT2D eigenvalue weighted by Crippen LogP contribution is 2.23. The normalized spacial score (nSPS) is 15.9. The van der Waals surface area contributed by atoms with Gasteiger partial charge in [0.2, 0.25) is 94.5 Å². The molecule has 0 saturated carbocycles. The Morgan fingerprint density at radius 1 is 0.487 bits per heavy atom. The van der Waals surface area contributed by atoms with Crippen LogP contribution in [0.2, 0.25) is 0 Å². The summed E-state index contributed by atoms with van der Waals surface area (Å²) in [7, 11) is 0. The van der Waals surface area contributed by atoms with Gasteiger partial charge < -0.3 is 118 Å². The van der Waals surface area contributed by atoms with Gasteiger partial charge in [-0.05, 0) is 118 Å². The molecule has 1 fully saturated rings. The second kappa shape index (κ2) is 49.6. The van der Waals surface area contributed by atoms with Gasteiger partial charge in [0.05, 0.1) is 18.7 Å². The number of phenols is 1. The van der Waals surface area contributed by atoms with Crippen LogP contribution in [0.5, 0.6) is 5.75 Å². The molecule has 0 unspecified atom stereocenters. The Morgan fingerprint density at radius 3 is 1.47 bits per heavy atom. The zero-order valence-corrected chi connectivity index (χ0v) is 68.3. The lowest BCUT2D eigenvalue weighted by Gasteiger charge is -2.33. The summed E-state index contributed by atoms with van der Waals surface area (Å²) in [5, 5.41) is 61.3. The number of aliphatic carboxylic acids is 1. The number of carbonyl (C=O) groups excluding carboxylic acids is 16. The van der Waals surface area contributed by atoms with Gasteiger partial charge in [-0.2, -0.15) is 0 Å². The number of amides is 16. The van der Waals surface area contributed by atoms with Crippen LogP contribution in [-0.4, -0.2) is 231 Å². The maximum Gasteiger partial charge on any atom is 0.303 e. The van der Waals surface area contributed by atoms with E-state index >= 15 is 0 Å². The van der Waals surface area contributed by atoms with Crippen molar-refractivity contribution in [3.05, 3.63) is 102 Å². The van der Waals surface area contributed by atoms with E-state index in [-0.39, 0.29) is 82.6 Å². The van der Waals surface area contributed by atoms with E-state index in [9.17, 15) is 96.8 Å². The zero-order valence-electron chi connectivity index (χ0n) is 68.3. The summed E-state index contributed by atoms with van der Waals surface area (Å²) in [6.07, 6.45) is -4.55. The molecule has 1 aliphatic heterocycles. The van der Waals surface area contributed by atoms with Gasteiger partial charge in [0.15, 0.2) is 5.96 Å². The molecule has 40 heteroatoms. The lowest BCUT2D eigenvalue weighted by Crippen LogP contribution is -2.62. The second-order valence-corrected chi connectivity index (χ2v) is 30.2. The first-order valence-electron chi connectivity index (χ1n) is 39.4. The number of carbonyl (C=O) groups is 17. The van der Waals surface area contributed by atoms with Crippen LogP contribution in [0, 0.1) is 17.8 Å². The molecule has 654 valence electrons. The molecule has 16 amide bonds. The Morgan fingerprint density at radius 2 is 0.950 bits per heavy atom. The summed E-state index contributed by atoms with van der Waals surface area (Å²) < 4.78 is 0. The fourth-order valence-electron chi connectivity index (χ4n) is 12.7. The summed E-state index contributed by atoms with van der Waals surface area (Å²) in [5.74, 6) is -18.3. The van der Waals surface area contributed by atoms with Crippen LogP contribution in [0.1, 0.15) is 149 Å². The zero-order chi connectivity index (χ0) is 88.9. The molecule has 3 aromatic carbocycles. The Hall–Kier alpha value is -12.4. The number of hydrogen-bond acceptors (Lipinski definition) is 21. The van der Waals surface area contributed by atoms with E-state index in [1.165, 1.54) is 36.1 Å². The standard InChI is InChI=1S/C79H118N20O20/c1-9-43(6)64(97-75(116)58-23-17-35-99(58)78(119)63(42(4)5)96-68(109)50(80)37-46-18-12-10-13-19-46)76(117)95-57(38-47-20-14-11-15-21-47)74(115)98-65(45(8)100)77(118)94-56(39-48-24-26-49(101)27-25-48)69(110)87-40-61(104)89-53(30-33-62(105)106)71(112)93-55(36-41(2)3)73(114)92-54(29-32-60(82)103)72(113)91-52(22-16-34-86-79(84)85)70(111)88-44(7)67(108)90-51(66(83)107)28-31-59(81)102/h10-15,18-21,24-27,41-45,50-58,63-65,100-101H,9,16-17,22-23,28-40,80H2,1-8H3,(H2,81,102)(H2,82,103)(H2,83,107)(H,87,110)(H,88,111)(H,89,104)(H,90,108)(H,91,113)(H,92,114)(H,93,112)(H,94,118)(H,95,117)(H,96,109)(H,97,116)(H,98,115)(H,105,106)(H4,84,85,86)/t43-,44-,45+,50-,51-,52-,53-,54-,55-,56-,57-,58-,63-,64-,65-/m0/s1. The topological polar surface area (TPSA) is 667 Å². The number of aromatic hydroxyl groups is 1. The highest BCUT2D eigenvalue weighted by atomic mass is 16.4. The minimum atomic E-state index is -1.89. The monoisotopic (exact) mass is 1670 g/mol. The van der Waals surface area contributed by atoms with Crippen molar-refractivity contribution in [2.24, 2.45) is 57.1 Å². The third kappa shape index (κ3) is 34.8. The largest absolute Gasteiger partial charge is 0.508 e. The van der Waals surface area contributed by atoms with Gasteiger partial charge >= 0.3 is 5.97 Å². The first-order valence-corrected chi connectivity index (χ1v) is 39.4. The summed E-state index contributed by atoms with van der Waals surface area (Å²) in [4.78, 5) is 237. The molecule has 1 aliphatic rings. The van der Waals surface area contributed by atoms with Crippen LogP contribution < -0.4 is 98.2 Å². The van der Waals surface area contributed by atoms with Crippen molar-refractivity contribution in [1.82, 2.24) is 68.7 Å². The van der Waals surface area contributed by atoms with E-state index in [4.69, 9.17) is 34.4 Å². The minimum Gasteiger partial charge on any atom is -0.508 e. The van der Waals surface area contributed by atoms with E-state index in [1.54, 1.807) is 71.9 Å². The Labute approximate surface area is 689 Å². The number of rotatable bonds is 51. The molecule has 3 aromatic rings. The number of carboxylic acid groups (broad SMARTS) is 1. The maximum atomic E-state index is 14.7. The molecule has 27 N–H and O–H groups in total. The lowest BCUT2D eigenvalue weighted by atomic mass is 9.96. The van der Waals surface area contributed by atoms with Crippen molar-refractivity contribution >= 4 is 106 Å². The quantitative estimate of drug-likeness (QED) is 0.0143. The van der Waals surface area contributed by atoms with Gasteiger partial charge in [-0.3, -0.25) is 86.5 Å². The molecule has 0 spiro atoms. The summed E-state index contributed by atoms with van der Waals surface area (Å²) in [6, 6.07) is 3.87. The van der Waals surface area contributed by atoms with Gasteiger partial charge in [0.1, 0.15) is 78.3 Å². The molecule has 1 saturated heterocycles. The molecular weight excluding hydrogens is 1550 g/mol. The van der Waals surface area contributed by atoms with Crippen molar-refractivity contribution in [3.8, 4) is 5.75 Å². The Kier molecular flexibility index (Phi) is 41.3. The lowest BCUT2D eigenvalue weighted by molar-refractivity contribution is -0.143. The number of carboxylic acids is 1. The van der Waals surface area contributed by atoms with E-state index in [0.717, 1.165) is 12.5 Å². The van der Waals surface area contributed by atoms with E-state index < -0.39 is 235 Å². The van der Waals surface area contributed by atoms with Gasteiger partial charge in [-0.1, -0.05) is 121 Å². The van der Waals surface area contributed by atoms with Crippen LogP contribution in [0.15, 0.2) is 89.9 Å². The molecule has 4 rings (SSSR count). The molecule has 0 aliphatic carbocycles. The van der Waals surface area contributed by atoms with E-state index in [0.29, 0.717) is 24.0 Å². The first kappa shape index (κ1) is 99.0. The summed E-state index contributed by atoms with van der Waals surface area (Å²) in [5.41, 5.74) is 34.9. The first-order chi connectivity index (χ1) is 56.1. The smallest absolute Gasteiger partial charge is 0.303 e. The number of phenolic OH excluding ortho intramolecular Hbond substituents is 1. The molecule has 0 radical (unpaired) electrons. The van der Waals surface area contributed by atoms with Gasteiger partial charge in [0, 0.05) is 45.2 Å². The second-order valence-electron chi connectivity index (χ2n) is 30.2. The third-order valence-electron chi connectivity index (χ3n) is 19.5. The number of benzene rings is 3. The van der Waals surface area contributed by atoms with Crippen molar-refractivity contribution in [1.29, 1.82) is 0 Å². The SMILES string of the molecule is CC[C@H](C)[C@H](NC(=O)[C@@H]1CCCN1C(=O)[C@@H](NC(=O)[C@@H](N)Cc1ccccc1)C(C)C)C(=O)N[C@@H](Cc1ccccc1)C(=O)N[C@H](C(=O)N[C@@H](Cc1ccc(O)cc1)C(=O)NCC(=O)N[C@@H](CCC(=O)O)C(=O)N[C@@H](CC(C)C)C(=O)N[C@@H](CCC(N)=O)C(=O)N[C@@H](CCCN=C(N)N)C(=O)N[C@@H](C)C(=O)N[C@@H](CCC(N)=O)C(N)=O)[C@@H](C)O. The highest BCUT2D eigenvalue weighted by molar-refractivity contribution is 6.00. The van der Waals surface area contributed by atoms with Crippen molar-refractivity contribution in [2.75, 3.05) is 19.6 Å². The third-order valence-corrected chi connectivity index (χ3v) is 19.5. The number of nitrogens with one attached hydrogen (secondary N) is 12. The maximum absolute atomic E-state index is 14.7. The van der Waals surface area contributed by atoms with Crippen molar-refractivity contribution < 1.29 is 96.8 Å². The number of hydrogen-bond donors (Lipinski definition) is 21. The fourth-order valence-corrected chi connectivity index (χ4v) is 12.7. The summed E-state index contributed by atoms with van der Waals surface area (Å²) >= 11 is 0. The minimum absolute atomic E-state index is 0.0273. The average Bonchev–Trinajstić information content (AvgIpc) is 1.72. The molecule has 15 atom stereocenters. The van der Waals surface area contributed by atoms with Crippen LogP contribution >= 0.6 is 0 Å². The van der Waals surface area contributed by atoms with Crippen molar-refractivity contribution in [2.45, 2.75) is 236 Å². The Bertz CT molecular complexity index is 4020. The van der Waals surface area contributed by atoms with Gasteiger partial charge in [-0.15, -0.1) is 0 Å². The van der Waals surface area contributed by atoms with Gasteiger partial charge in [0.25, 0.3) is 0 Å². The number of aliphatic hydroxyl groups excluding tert-OH is 1. The van der Waals surface area contributed by atoms with Crippen LogP contribution in [0.25, 0.3) is 0 Å².